The third kappa shape index (κ3) is 1.14. The van der Waals surface area contributed by atoms with Gasteiger partial charge < -0.3 is 5.11 Å². The Bertz CT molecular complexity index is 182. The highest BCUT2D eigenvalue weighted by Gasteiger charge is 2.36. The molecule has 0 aliphatic carbocycles. The van der Waals surface area contributed by atoms with E-state index in [1.165, 1.54) is 0 Å². The average Bonchev–Trinajstić information content (AvgIpc) is 1.73. The minimum atomic E-state index is -0.247. The summed E-state index contributed by atoms with van der Waals surface area (Å²) < 4.78 is 0.478. The van der Waals surface area contributed by atoms with Crippen molar-refractivity contribution in [2.45, 2.75) is 13.8 Å². The summed E-state index contributed by atoms with van der Waals surface area (Å²) in [5.74, 6) is 0.0255. The molecule has 1 aliphatic heterocycles. The zero-order valence-corrected chi connectivity index (χ0v) is 7.01. The zero-order valence-electron chi connectivity index (χ0n) is 7.01. The summed E-state index contributed by atoms with van der Waals surface area (Å²) in [6, 6.07) is 0. The quantitative estimate of drug-likeness (QED) is 0.430. The summed E-state index contributed by atoms with van der Waals surface area (Å²) in [5.41, 5.74) is -0.247. The Hall–Kier alpha value is -0.570. The van der Waals surface area contributed by atoms with Gasteiger partial charge in [0.25, 0.3) is 0 Å². The minimum absolute atomic E-state index is 0.0255. The van der Waals surface area contributed by atoms with Crippen molar-refractivity contribution in [3.63, 3.8) is 0 Å². The van der Waals surface area contributed by atoms with Crippen LogP contribution < -0.4 is 5.11 Å². The predicted molar refractivity (Wildman–Crippen MR) is 38.2 cm³/mol. The van der Waals surface area contributed by atoms with Crippen LogP contribution in [0.3, 0.4) is 0 Å². The van der Waals surface area contributed by atoms with E-state index in [9.17, 15) is 5.11 Å². The largest absolute Gasteiger partial charge is 0.858 e. The van der Waals surface area contributed by atoms with E-state index in [-0.39, 0.29) is 11.3 Å². The van der Waals surface area contributed by atoms with E-state index in [1.807, 2.05) is 27.9 Å². The Morgan fingerprint density at radius 2 is 2.00 bits per heavy atom. The highest BCUT2D eigenvalue weighted by atomic mass is 16.3. The molecule has 0 saturated heterocycles. The molecule has 0 aromatic carbocycles. The maximum atomic E-state index is 11.1. The second-order valence-corrected chi connectivity index (χ2v) is 4.07. The molecule has 58 valence electrons. The summed E-state index contributed by atoms with van der Waals surface area (Å²) in [4.78, 5) is 0. The van der Waals surface area contributed by atoms with Crippen LogP contribution in [0, 0.1) is 5.41 Å². The molecule has 0 atom stereocenters. The molecule has 1 heterocycles. The molecule has 0 saturated carbocycles. The minimum Gasteiger partial charge on any atom is -0.858 e. The number of quaternary nitrogens is 1. The van der Waals surface area contributed by atoms with Crippen LogP contribution in [0.2, 0.25) is 0 Å². The van der Waals surface area contributed by atoms with Gasteiger partial charge in [0.1, 0.15) is 6.54 Å². The normalized spacial score (nSPS) is 28.2. The maximum Gasteiger partial charge on any atom is 0.112 e. The first kappa shape index (κ1) is 7.54. The van der Waals surface area contributed by atoms with Crippen LogP contribution in [0.15, 0.2) is 5.10 Å². The van der Waals surface area contributed by atoms with Crippen molar-refractivity contribution in [2.24, 2.45) is 10.5 Å². The van der Waals surface area contributed by atoms with Crippen molar-refractivity contribution in [1.29, 1.82) is 0 Å². The number of hydrogen-bond donors (Lipinski definition) is 0. The van der Waals surface area contributed by atoms with Gasteiger partial charge in [-0.05, 0) is 13.8 Å². The molecule has 0 bridgehead atoms. The monoisotopic (exact) mass is 142 g/mol. The molecular formula is C7H14N2O. The van der Waals surface area contributed by atoms with Crippen molar-refractivity contribution in [1.82, 2.24) is 0 Å². The smallest absolute Gasteiger partial charge is 0.112 e. The molecule has 0 N–H and O–H groups in total. The van der Waals surface area contributed by atoms with Crippen LogP contribution in [0.25, 0.3) is 0 Å². The van der Waals surface area contributed by atoms with Crippen LogP contribution in [0.5, 0.6) is 0 Å². The zero-order chi connectivity index (χ0) is 7.99. The van der Waals surface area contributed by atoms with Gasteiger partial charge >= 0.3 is 0 Å². The van der Waals surface area contributed by atoms with E-state index in [0.717, 1.165) is 6.54 Å². The average molecular weight is 142 g/mol. The van der Waals surface area contributed by atoms with E-state index >= 15 is 0 Å². The Balaban J connectivity index is 2.89. The third-order valence-corrected chi connectivity index (χ3v) is 1.72. The lowest BCUT2D eigenvalue weighted by atomic mass is 9.94. The Kier molecular flexibility index (Phi) is 1.30. The molecule has 1 aliphatic rings. The lowest BCUT2D eigenvalue weighted by Crippen LogP contribution is -2.38. The fourth-order valence-electron chi connectivity index (χ4n) is 1.45. The summed E-state index contributed by atoms with van der Waals surface area (Å²) in [5, 5.41) is 15.1. The lowest BCUT2D eigenvalue weighted by Gasteiger charge is -2.23. The van der Waals surface area contributed by atoms with Gasteiger partial charge in [-0.15, -0.1) is 5.10 Å². The molecule has 0 radical (unpaired) electrons. The Labute approximate surface area is 61.6 Å². The molecule has 1 rings (SSSR count). The SMILES string of the molecule is CC1(C)C[N+](C)(C)N=C1[O-]. The highest BCUT2D eigenvalue weighted by molar-refractivity contribution is 5.78. The molecule has 0 fully saturated rings. The molecule has 0 spiro atoms. The van der Waals surface area contributed by atoms with E-state index in [2.05, 4.69) is 5.10 Å². The lowest BCUT2D eigenvalue weighted by molar-refractivity contribution is -0.895. The fourth-order valence-corrected chi connectivity index (χ4v) is 1.45. The molecule has 0 aromatic rings. The standard InChI is InChI=1S/C7H14N2O/c1-7(2)5-9(3,4)8-6(7)10/h5H2,1-4H3. The van der Waals surface area contributed by atoms with Crippen molar-refractivity contribution >= 4 is 5.90 Å². The van der Waals surface area contributed by atoms with Gasteiger partial charge in [-0.2, -0.15) is 0 Å². The second kappa shape index (κ2) is 1.72. The van der Waals surface area contributed by atoms with Crippen molar-refractivity contribution in [3.8, 4) is 0 Å². The van der Waals surface area contributed by atoms with Gasteiger partial charge in [-0.1, -0.05) is 0 Å². The van der Waals surface area contributed by atoms with E-state index in [1.54, 1.807) is 0 Å². The van der Waals surface area contributed by atoms with E-state index in [0.29, 0.717) is 4.59 Å². The summed E-state index contributed by atoms with van der Waals surface area (Å²) in [7, 11) is 3.87. The van der Waals surface area contributed by atoms with Gasteiger partial charge in [0.2, 0.25) is 0 Å². The predicted octanol–water partition coefficient (Wildman–Crippen LogP) is -0.224. The molecule has 3 heteroatoms. The highest BCUT2D eigenvalue weighted by Crippen LogP contribution is 2.26. The van der Waals surface area contributed by atoms with Gasteiger partial charge in [-0.25, -0.2) is 4.59 Å². The van der Waals surface area contributed by atoms with Crippen LogP contribution in [0.4, 0.5) is 0 Å². The molecule has 3 nitrogen and oxygen atoms in total. The maximum absolute atomic E-state index is 11.1. The van der Waals surface area contributed by atoms with E-state index in [4.69, 9.17) is 0 Å². The van der Waals surface area contributed by atoms with E-state index < -0.39 is 0 Å². The van der Waals surface area contributed by atoms with Crippen LogP contribution >= 0.6 is 0 Å². The topological polar surface area (TPSA) is 35.4 Å². The van der Waals surface area contributed by atoms with Crippen molar-refractivity contribution in [2.75, 3.05) is 20.6 Å². The number of nitrogens with zero attached hydrogens (tertiary/aromatic N) is 2. The summed E-state index contributed by atoms with van der Waals surface area (Å²) in [6.45, 7) is 4.68. The fraction of sp³-hybridized carbons (Fsp3) is 0.857. The van der Waals surface area contributed by atoms with Crippen LogP contribution in [0.1, 0.15) is 13.8 Å². The molecular weight excluding hydrogens is 128 g/mol. The summed E-state index contributed by atoms with van der Waals surface area (Å²) in [6.07, 6.45) is 0. The van der Waals surface area contributed by atoms with Crippen molar-refractivity contribution in [3.05, 3.63) is 0 Å². The Morgan fingerprint density at radius 3 is 2.10 bits per heavy atom. The third-order valence-electron chi connectivity index (χ3n) is 1.72. The molecule has 10 heavy (non-hydrogen) atoms. The van der Waals surface area contributed by atoms with Gasteiger partial charge in [-0.3, -0.25) is 0 Å². The number of rotatable bonds is 0. The van der Waals surface area contributed by atoms with Crippen molar-refractivity contribution < 1.29 is 9.70 Å². The number of hydrogen-bond acceptors (Lipinski definition) is 2. The first-order valence-electron chi connectivity index (χ1n) is 3.44. The first-order chi connectivity index (χ1) is 4.33. The summed E-state index contributed by atoms with van der Waals surface area (Å²) >= 11 is 0. The molecule has 0 unspecified atom stereocenters. The second-order valence-electron chi connectivity index (χ2n) is 4.07. The van der Waals surface area contributed by atoms with Gasteiger partial charge in [0, 0.05) is 11.3 Å². The first-order valence-corrected chi connectivity index (χ1v) is 3.44. The van der Waals surface area contributed by atoms with Gasteiger partial charge in [0.15, 0.2) is 0 Å². The van der Waals surface area contributed by atoms with Crippen LogP contribution in [-0.4, -0.2) is 31.1 Å². The van der Waals surface area contributed by atoms with Crippen LogP contribution in [-0.2, 0) is 0 Å². The molecule has 0 aromatic heterocycles. The Morgan fingerprint density at radius 1 is 1.50 bits per heavy atom. The van der Waals surface area contributed by atoms with Gasteiger partial charge in [0.05, 0.1) is 14.1 Å². The molecule has 0 amide bonds.